The molecule has 10 heteroatoms. The fourth-order valence-electron chi connectivity index (χ4n) is 3.33. The van der Waals surface area contributed by atoms with Gasteiger partial charge in [-0.3, -0.25) is 14.4 Å². The Hall–Kier alpha value is -3.11. The van der Waals surface area contributed by atoms with Gasteiger partial charge in [-0.25, -0.2) is 4.79 Å². The maximum absolute atomic E-state index is 12.7. The van der Waals surface area contributed by atoms with Gasteiger partial charge in [0.05, 0.1) is 13.2 Å². The van der Waals surface area contributed by atoms with Crippen LogP contribution >= 0.6 is 12.6 Å². The molecule has 1 aromatic carbocycles. The van der Waals surface area contributed by atoms with Crippen LogP contribution < -0.4 is 15.4 Å². The maximum atomic E-state index is 12.7. The van der Waals surface area contributed by atoms with Crippen LogP contribution in [-0.2, 0) is 23.9 Å². The lowest BCUT2D eigenvalue weighted by molar-refractivity contribution is -0.151. The predicted molar refractivity (Wildman–Crippen MR) is 121 cm³/mol. The summed E-state index contributed by atoms with van der Waals surface area (Å²) < 4.78 is 15.2. The summed E-state index contributed by atoms with van der Waals surface area (Å²) >= 11 is 3.81. The third kappa shape index (κ3) is 6.44. The molecular weight excluding hydrogens is 436 g/mol. The van der Waals surface area contributed by atoms with Crippen LogP contribution in [0.3, 0.4) is 0 Å². The molecule has 0 aromatic heterocycles. The fourth-order valence-corrected chi connectivity index (χ4v) is 3.65. The van der Waals surface area contributed by atoms with Crippen molar-refractivity contribution in [1.29, 1.82) is 0 Å². The Morgan fingerprint density at radius 3 is 2.53 bits per heavy atom. The number of benzene rings is 1. The molecule has 2 N–H and O–H groups in total. The van der Waals surface area contributed by atoms with Crippen LogP contribution in [0.4, 0.5) is 5.69 Å². The number of ether oxygens (including phenoxy) is 3. The quantitative estimate of drug-likeness (QED) is 0.197. The lowest BCUT2D eigenvalue weighted by atomic mass is 9.90. The zero-order valence-corrected chi connectivity index (χ0v) is 18.6. The number of nitrogens with one attached hydrogen (secondary N) is 2. The smallest absolute Gasteiger partial charge is 0.342 e. The number of hydrogen-bond acceptors (Lipinski definition) is 8. The van der Waals surface area contributed by atoms with Gasteiger partial charge < -0.3 is 24.8 Å². The van der Waals surface area contributed by atoms with Gasteiger partial charge >= 0.3 is 11.9 Å². The Morgan fingerprint density at radius 1 is 1.22 bits per heavy atom. The average molecular weight is 463 g/mol. The molecule has 0 bridgehead atoms. The van der Waals surface area contributed by atoms with E-state index in [1.54, 1.807) is 6.07 Å². The Balaban J connectivity index is 2.07. The molecule has 32 heavy (non-hydrogen) atoms. The Bertz CT molecular complexity index is 902. The van der Waals surface area contributed by atoms with Crippen molar-refractivity contribution in [2.24, 2.45) is 11.8 Å². The molecular formula is C22H26N2O7S. The summed E-state index contributed by atoms with van der Waals surface area (Å²) in [4.78, 5) is 49.1. The van der Waals surface area contributed by atoms with Gasteiger partial charge in [0.25, 0.3) is 0 Å². The van der Waals surface area contributed by atoms with E-state index in [0.29, 0.717) is 11.4 Å². The third-order valence-corrected chi connectivity index (χ3v) is 5.11. The van der Waals surface area contributed by atoms with Gasteiger partial charge in [0.2, 0.25) is 5.91 Å². The molecule has 0 saturated carbocycles. The minimum Gasteiger partial charge on any atom is -0.496 e. The summed E-state index contributed by atoms with van der Waals surface area (Å²) in [6.07, 6.45) is 3.07. The van der Waals surface area contributed by atoms with E-state index in [-0.39, 0.29) is 37.6 Å². The molecule has 1 aliphatic rings. The Kier molecular flexibility index (Phi) is 9.48. The molecule has 1 aliphatic heterocycles. The van der Waals surface area contributed by atoms with Crippen LogP contribution in [0.15, 0.2) is 43.5 Å². The highest BCUT2D eigenvalue weighted by atomic mass is 32.1. The highest BCUT2D eigenvalue weighted by molar-refractivity contribution is 7.96. The highest BCUT2D eigenvalue weighted by Crippen LogP contribution is 2.28. The standard InChI is InChI=1S/C22H26N2O7S/c1-4-8-30-20(26)15-11-14(6-7-17(15)29-3)24-19(25)16-10-13(12-23-16)18(22(28)32)21(27)31-9-5-2/h4-7,11,13,16,18,23H,1-2,8-10,12H2,3H3,(H,24,25)(H,28,32). The zero-order chi connectivity index (χ0) is 23.7. The van der Waals surface area contributed by atoms with Gasteiger partial charge in [-0.05, 0) is 30.5 Å². The first kappa shape index (κ1) is 25.2. The fraction of sp³-hybridized carbons (Fsp3) is 0.364. The van der Waals surface area contributed by atoms with E-state index in [1.165, 1.54) is 31.4 Å². The normalized spacial score (nSPS) is 18.2. The van der Waals surface area contributed by atoms with E-state index < -0.39 is 34.9 Å². The van der Waals surface area contributed by atoms with Crippen molar-refractivity contribution in [1.82, 2.24) is 5.32 Å². The predicted octanol–water partition coefficient (Wildman–Crippen LogP) is 1.76. The van der Waals surface area contributed by atoms with Crippen LogP contribution in [0.5, 0.6) is 5.75 Å². The number of methoxy groups -OCH3 is 1. The summed E-state index contributed by atoms with van der Waals surface area (Å²) in [6.45, 7) is 7.24. The summed E-state index contributed by atoms with van der Waals surface area (Å²) in [5.74, 6) is -2.94. The lowest BCUT2D eigenvalue weighted by Crippen LogP contribution is -2.35. The van der Waals surface area contributed by atoms with Crippen LogP contribution in [0.2, 0.25) is 0 Å². The summed E-state index contributed by atoms with van der Waals surface area (Å²) in [5, 5.41) is 5.11. The molecule has 1 heterocycles. The molecule has 1 amide bonds. The molecule has 1 saturated heterocycles. The summed E-state index contributed by atoms with van der Waals surface area (Å²) in [5.41, 5.74) is 0.508. The van der Waals surface area contributed by atoms with Gasteiger partial charge in [0, 0.05) is 12.2 Å². The molecule has 0 aliphatic carbocycles. The van der Waals surface area contributed by atoms with Gasteiger partial charge in [-0.2, -0.15) is 0 Å². The highest BCUT2D eigenvalue weighted by Gasteiger charge is 2.41. The Labute approximate surface area is 191 Å². The van der Waals surface area contributed by atoms with Gasteiger partial charge in [-0.1, -0.05) is 25.3 Å². The van der Waals surface area contributed by atoms with Crippen molar-refractivity contribution >= 4 is 41.3 Å². The monoisotopic (exact) mass is 462 g/mol. The number of thiol groups is 1. The number of esters is 2. The lowest BCUT2D eigenvalue weighted by Gasteiger charge is -2.18. The SMILES string of the molecule is C=CCOC(=O)c1cc(NC(=O)C2CC(C(C(=O)S)C(=O)OCC=C)CN2)ccc1OC. The van der Waals surface area contributed by atoms with Crippen molar-refractivity contribution in [3.8, 4) is 5.75 Å². The number of carbonyl (C=O) groups excluding carboxylic acids is 4. The van der Waals surface area contributed by atoms with E-state index in [4.69, 9.17) is 14.2 Å². The second-order valence-corrected chi connectivity index (χ2v) is 7.42. The molecule has 3 atom stereocenters. The molecule has 172 valence electrons. The first-order chi connectivity index (χ1) is 15.3. The number of amides is 1. The first-order valence-corrected chi connectivity index (χ1v) is 10.3. The number of anilines is 1. The van der Waals surface area contributed by atoms with E-state index in [9.17, 15) is 19.2 Å². The number of carbonyl (C=O) groups is 4. The minimum absolute atomic E-state index is 0.0184. The van der Waals surface area contributed by atoms with Crippen molar-refractivity contribution in [2.45, 2.75) is 12.5 Å². The maximum Gasteiger partial charge on any atom is 0.342 e. The summed E-state index contributed by atoms with van der Waals surface area (Å²) in [7, 11) is 1.42. The second-order valence-electron chi connectivity index (χ2n) is 6.98. The third-order valence-electron chi connectivity index (χ3n) is 4.84. The van der Waals surface area contributed by atoms with E-state index in [2.05, 4.69) is 36.4 Å². The van der Waals surface area contributed by atoms with Crippen molar-refractivity contribution in [2.75, 3.05) is 32.2 Å². The number of hydrogen-bond donors (Lipinski definition) is 3. The Morgan fingerprint density at radius 2 is 1.91 bits per heavy atom. The van der Waals surface area contributed by atoms with Crippen LogP contribution in [0.1, 0.15) is 16.8 Å². The van der Waals surface area contributed by atoms with Gasteiger partial charge in [0.1, 0.15) is 30.4 Å². The zero-order valence-electron chi connectivity index (χ0n) is 17.7. The van der Waals surface area contributed by atoms with Gasteiger partial charge in [0.15, 0.2) is 5.12 Å². The van der Waals surface area contributed by atoms with Crippen molar-refractivity contribution < 1.29 is 33.4 Å². The van der Waals surface area contributed by atoms with Crippen molar-refractivity contribution in [3.05, 3.63) is 49.1 Å². The van der Waals surface area contributed by atoms with Crippen LogP contribution in [-0.4, -0.2) is 55.9 Å². The largest absolute Gasteiger partial charge is 0.496 e. The molecule has 3 unspecified atom stereocenters. The van der Waals surface area contributed by atoms with Crippen LogP contribution in [0.25, 0.3) is 0 Å². The molecule has 9 nitrogen and oxygen atoms in total. The van der Waals surface area contributed by atoms with Crippen molar-refractivity contribution in [3.63, 3.8) is 0 Å². The second kappa shape index (κ2) is 12.1. The van der Waals surface area contributed by atoms with Crippen LogP contribution in [0, 0.1) is 11.8 Å². The first-order valence-electron chi connectivity index (χ1n) is 9.83. The average Bonchev–Trinajstić information content (AvgIpc) is 3.25. The molecule has 0 radical (unpaired) electrons. The number of rotatable bonds is 11. The molecule has 2 rings (SSSR count). The van der Waals surface area contributed by atoms with E-state index in [1.807, 2.05) is 0 Å². The molecule has 1 aromatic rings. The topological polar surface area (TPSA) is 120 Å². The van der Waals surface area contributed by atoms with Gasteiger partial charge in [-0.15, -0.1) is 12.6 Å². The molecule has 1 fully saturated rings. The van der Waals surface area contributed by atoms with E-state index in [0.717, 1.165) is 0 Å². The molecule has 0 spiro atoms. The minimum atomic E-state index is -1.09. The summed E-state index contributed by atoms with van der Waals surface area (Å²) in [6, 6.07) is 3.91. The van der Waals surface area contributed by atoms with E-state index >= 15 is 0 Å².